The van der Waals surface area contributed by atoms with Crippen molar-refractivity contribution in [1.82, 2.24) is 9.78 Å². The summed E-state index contributed by atoms with van der Waals surface area (Å²) in [6, 6.07) is 18.6. The number of aryl methyl sites for hydroxylation is 1. The van der Waals surface area contributed by atoms with Gasteiger partial charge in [-0.15, -0.1) is 0 Å². The summed E-state index contributed by atoms with van der Waals surface area (Å²) in [4.78, 5) is 0. The molecule has 0 aliphatic rings. The smallest absolute Gasteiger partial charge is 0.0972 e. The Hall–Kier alpha value is -2.59. The monoisotopic (exact) mass is 292 g/mol. The second-order valence-electron chi connectivity index (χ2n) is 5.24. The summed E-state index contributed by atoms with van der Waals surface area (Å²) in [6.07, 6.45) is 1.86. The predicted molar refractivity (Wildman–Crippen MR) is 91.3 cm³/mol. The SMILES string of the molecule is Cc1ccc(-n2ncc(NCCN)c2-c2ccccc2)cc1. The van der Waals surface area contributed by atoms with E-state index < -0.39 is 0 Å². The van der Waals surface area contributed by atoms with Crippen molar-refractivity contribution < 1.29 is 0 Å². The van der Waals surface area contributed by atoms with Crippen molar-refractivity contribution in [2.24, 2.45) is 5.73 Å². The lowest BCUT2D eigenvalue weighted by Crippen LogP contribution is -2.13. The molecule has 4 heteroatoms. The Labute approximate surface area is 130 Å². The molecule has 1 aromatic heterocycles. The quantitative estimate of drug-likeness (QED) is 0.759. The molecule has 112 valence electrons. The van der Waals surface area contributed by atoms with Crippen molar-refractivity contribution in [1.29, 1.82) is 0 Å². The van der Waals surface area contributed by atoms with Crippen LogP contribution in [0.1, 0.15) is 5.56 Å². The van der Waals surface area contributed by atoms with Crippen molar-refractivity contribution in [2.75, 3.05) is 18.4 Å². The third-order valence-corrected chi connectivity index (χ3v) is 3.55. The van der Waals surface area contributed by atoms with E-state index in [0.717, 1.165) is 29.2 Å². The van der Waals surface area contributed by atoms with Crippen LogP contribution in [0.2, 0.25) is 0 Å². The number of aromatic nitrogens is 2. The van der Waals surface area contributed by atoms with E-state index in [9.17, 15) is 0 Å². The highest BCUT2D eigenvalue weighted by Gasteiger charge is 2.13. The first kappa shape index (κ1) is 14.4. The number of hydrogen-bond acceptors (Lipinski definition) is 3. The van der Waals surface area contributed by atoms with Gasteiger partial charge in [0.25, 0.3) is 0 Å². The lowest BCUT2D eigenvalue weighted by molar-refractivity contribution is 0.887. The molecule has 0 bridgehead atoms. The third-order valence-electron chi connectivity index (χ3n) is 3.55. The number of benzene rings is 2. The molecule has 0 aliphatic carbocycles. The summed E-state index contributed by atoms with van der Waals surface area (Å²) < 4.78 is 1.97. The zero-order chi connectivity index (χ0) is 15.4. The van der Waals surface area contributed by atoms with Crippen LogP contribution >= 0.6 is 0 Å². The first-order valence-corrected chi connectivity index (χ1v) is 7.44. The molecule has 0 amide bonds. The molecule has 0 saturated heterocycles. The van der Waals surface area contributed by atoms with Crippen LogP contribution in [0.3, 0.4) is 0 Å². The van der Waals surface area contributed by atoms with Crippen LogP contribution < -0.4 is 11.1 Å². The van der Waals surface area contributed by atoms with E-state index in [1.165, 1.54) is 5.56 Å². The molecular weight excluding hydrogens is 272 g/mol. The first-order valence-electron chi connectivity index (χ1n) is 7.44. The van der Waals surface area contributed by atoms with Crippen LogP contribution in [-0.2, 0) is 0 Å². The largest absolute Gasteiger partial charge is 0.381 e. The molecule has 3 aromatic rings. The highest BCUT2D eigenvalue weighted by molar-refractivity contribution is 5.76. The summed E-state index contributed by atoms with van der Waals surface area (Å²) in [5.41, 5.74) is 11.1. The molecule has 22 heavy (non-hydrogen) atoms. The Kier molecular flexibility index (Phi) is 4.21. The molecule has 3 N–H and O–H groups in total. The average molecular weight is 292 g/mol. The number of anilines is 1. The van der Waals surface area contributed by atoms with Gasteiger partial charge in [0.2, 0.25) is 0 Å². The van der Waals surface area contributed by atoms with Gasteiger partial charge >= 0.3 is 0 Å². The lowest BCUT2D eigenvalue weighted by atomic mass is 10.1. The number of rotatable bonds is 5. The number of hydrogen-bond donors (Lipinski definition) is 2. The van der Waals surface area contributed by atoms with Crippen LogP contribution in [0, 0.1) is 6.92 Å². The van der Waals surface area contributed by atoms with E-state index in [0.29, 0.717) is 6.54 Å². The Bertz CT molecular complexity index is 730. The third kappa shape index (κ3) is 2.87. The molecule has 0 radical (unpaired) electrons. The van der Waals surface area contributed by atoms with Crippen molar-refractivity contribution in [3.63, 3.8) is 0 Å². The zero-order valence-corrected chi connectivity index (χ0v) is 12.7. The van der Waals surface area contributed by atoms with E-state index in [4.69, 9.17) is 5.73 Å². The van der Waals surface area contributed by atoms with E-state index >= 15 is 0 Å². The van der Waals surface area contributed by atoms with Crippen molar-refractivity contribution >= 4 is 5.69 Å². The minimum Gasteiger partial charge on any atom is -0.381 e. The molecule has 0 atom stereocenters. The maximum absolute atomic E-state index is 5.61. The van der Waals surface area contributed by atoms with Gasteiger partial charge in [0.1, 0.15) is 0 Å². The van der Waals surface area contributed by atoms with Gasteiger partial charge in [-0.1, -0.05) is 48.0 Å². The van der Waals surface area contributed by atoms with Crippen LogP contribution in [0.25, 0.3) is 16.9 Å². The van der Waals surface area contributed by atoms with Crippen molar-refractivity contribution in [3.05, 3.63) is 66.4 Å². The predicted octanol–water partition coefficient (Wildman–Crippen LogP) is 3.22. The Balaban J connectivity index is 2.10. The maximum Gasteiger partial charge on any atom is 0.0972 e. The minimum absolute atomic E-state index is 0.587. The molecule has 0 fully saturated rings. The summed E-state index contributed by atoms with van der Waals surface area (Å²) in [5.74, 6) is 0. The van der Waals surface area contributed by atoms with Gasteiger partial charge in [0, 0.05) is 18.7 Å². The van der Waals surface area contributed by atoms with Gasteiger partial charge in [-0.05, 0) is 19.1 Å². The number of nitrogens with zero attached hydrogens (tertiary/aromatic N) is 2. The van der Waals surface area contributed by atoms with E-state index in [1.54, 1.807) is 0 Å². The standard InChI is InChI=1S/C18H20N4/c1-14-7-9-16(10-8-14)22-18(15-5-3-2-4-6-15)17(13-21-22)20-12-11-19/h2-10,13,20H,11-12,19H2,1H3. The van der Waals surface area contributed by atoms with E-state index in [1.807, 2.05) is 29.1 Å². The summed E-state index contributed by atoms with van der Waals surface area (Å²) >= 11 is 0. The number of nitrogens with one attached hydrogen (secondary N) is 1. The molecule has 1 heterocycles. The average Bonchev–Trinajstić information content (AvgIpc) is 2.98. The fraction of sp³-hybridized carbons (Fsp3) is 0.167. The van der Waals surface area contributed by atoms with Crippen LogP contribution in [0.15, 0.2) is 60.8 Å². The topological polar surface area (TPSA) is 55.9 Å². The van der Waals surface area contributed by atoms with Crippen molar-refractivity contribution in [2.45, 2.75) is 6.92 Å². The normalized spacial score (nSPS) is 10.6. The molecule has 4 nitrogen and oxygen atoms in total. The minimum atomic E-state index is 0.587. The molecule has 2 aromatic carbocycles. The van der Waals surface area contributed by atoms with Gasteiger partial charge in [0.05, 0.1) is 23.3 Å². The summed E-state index contributed by atoms with van der Waals surface area (Å²) in [7, 11) is 0. The van der Waals surface area contributed by atoms with Crippen LogP contribution in [0.4, 0.5) is 5.69 Å². The van der Waals surface area contributed by atoms with Gasteiger partial charge < -0.3 is 11.1 Å². The van der Waals surface area contributed by atoms with Crippen LogP contribution in [0.5, 0.6) is 0 Å². The highest BCUT2D eigenvalue weighted by Crippen LogP contribution is 2.30. The second-order valence-corrected chi connectivity index (χ2v) is 5.24. The summed E-state index contributed by atoms with van der Waals surface area (Å²) in [6.45, 7) is 3.39. The van der Waals surface area contributed by atoms with Crippen LogP contribution in [-0.4, -0.2) is 22.9 Å². The van der Waals surface area contributed by atoms with Gasteiger partial charge in [-0.3, -0.25) is 0 Å². The van der Waals surface area contributed by atoms with E-state index in [2.05, 4.69) is 53.7 Å². The maximum atomic E-state index is 5.61. The van der Waals surface area contributed by atoms with Gasteiger partial charge in [-0.25, -0.2) is 4.68 Å². The first-order chi connectivity index (χ1) is 10.8. The van der Waals surface area contributed by atoms with E-state index in [-0.39, 0.29) is 0 Å². The zero-order valence-electron chi connectivity index (χ0n) is 12.7. The highest BCUT2D eigenvalue weighted by atomic mass is 15.3. The molecular formula is C18H20N4. The van der Waals surface area contributed by atoms with Gasteiger partial charge in [0.15, 0.2) is 0 Å². The lowest BCUT2D eigenvalue weighted by Gasteiger charge is -2.11. The Morgan fingerprint density at radius 1 is 1.05 bits per heavy atom. The fourth-order valence-corrected chi connectivity index (χ4v) is 2.44. The molecule has 0 saturated carbocycles. The number of nitrogens with two attached hydrogens (primary N) is 1. The molecule has 0 aliphatic heterocycles. The van der Waals surface area contributed by atoms with Crippen molar-refractivity contribution in [3.8, 4) is 16.9 Å². The summed E-state index contributed by atoms with van der Waals surface area (Å²) in [5, 5.41) is 7.91. The Morgan fingerprint density at radius 2 is 1.77 bits per heavy atom. The molecule has 3 rings (SSSR count). The molecule has 0 spiro atoms. The second kappa shape index (κ2) is 6.45. The van der Waals surface area contributed by atoms with Gasteiger partial charge in [-0.2, -0.15) is 5.10 Å². The fourth-order valence-electron chi connectivity index (χ4n) is 2.44. The Morgan fingerprint density at radius 3 is 2.45 bits per heavy atom. The molecule has 0 unspecified atom stereocenters.